The molecule has 2 fully saturated rings. The summed E-state index contributed by atoms with van der Waals surface area (Å²) in [4.78, 5) is 34.6. The van der Waals surface area contributed by atoms with Crippen LogP contribution in [0.2, 0.25) is 0 Å². The van der Waals surface area contributed by atoms with Crippen LogP contribution in [0.4, 0.5) is 5.13 Å². The minimum atomic E-state index is -0.430. The Balaban J connectivity index is 1.17. The number of likely N-dealkylation sites (tertiary alicyclic amines) is 1. The van der Waals surface area contributed by atoms with E-state index in [0.29, 0.717) is 30.6 Å². The first-order valence-corrected chi connectivity index (χ1v) is 14.8. The standard InChI is InChI=1S/C31H37N3O4S/c1-3-37-30(36)25(19-29(35)34-20-23-8-4-5-9-24(23)21-34)18-22-12-14-26(15-13-22)38-17-16-33(2)31-32-27-10-6-7-11-28(27)39-31/h6-7,10-15,18,23-24H,3-5,8-9,16-17,19-21H2,1-2H3/b25-18+/t23-,24+. The summed E-state index contributed by atoms with van der Waals surface area (Å²) in [6.45, 7) is 4.91. The third kappa shape index (κ3) is 6.79. The van der Waals surface area contributed by atoms with Gasteiger partial charge >= 0.3 is 5.97 Å². The second-order valence-corrected chi connectivity index (χ2v) is 11.5. The maximum Gasteiger partial charge on any atom is 0.334 e. The van der Waals surface area contributed by atoms with Crippen LogP contribution in [0.5, 0.6) is 5.75 Å². The van der Waals surface area contributed by atoms with Crippen molar-refractivity contribution in [3.05, 3.63) is 59.7 Å². The van der Waals surface area contributed by atoms with Crippen molar-refractivity contribution in [2.24, 2.45) is 11.8 Å². The SMILES string of the molecule is CCOC(=O)/C(=C/c1ccc(OCCN(C)c2nc3ccccc3s2)cc1)CC(=O)N1C[C@H]2CCCC[C@H]2C1. The second-order valence-electron chi connectivity index (χ2n) is 10.5. The number of fused-ring (bicyclic) bond motifs is 2. The number of thiazole rings is 1. The van der Waals surface area contributed by atoms with Gasteiger partial charge in [0.2, 0.25) is 5.91 Å². The number of benzene rings is 2. The molecule has 3 aromatic rings. The predicted octanol–water partition coefficient (Wildman–Crippen LogP) is 5.80. The Morgan fingerprint density at radius 2 is 1.79 bits per heavy atom. The topological polar surface area (TPSA) is 72.0 Å². The van der Waals surface area contributed by atoms with E-state index in [0.717, 1.165) is 35.1 Å². The predicted molar refractivity (Wildman–Crippen MR) is 156 cm³/mol. The Bertz CT molecular complexity index is 1270. The van der Waals surface area contributed by atoms with Crippen molar-refractivity contribution in [3.63, 3.8) is 0 Å². The van der Waals surface area contributed by atoms with E-state index in [1.165, 1.54) is 30.4 Å². The molecule has 1 saturated heterocycles. The van der Waals surface area contributed by atoms with Gasteiger partial charge in [-0.3, -0.25) is 4.79 Å². The summed E-state index contributed by atoms with van der Waals surface area (Å²) in [5, 5.41) is 0.967. The van der Waals surface area contributed by atoms with E-state index in [2.05, 4.69) is 16.0 Å². The fourth-order valence-electron chi connectivity index (χ4n) is 5.57. The molecule has 2 heterocycles. The normalized spacial score (nSPS) is 19.1. The number of likely N-dealkylation sites (N-methyl/N-ethyl adjacent to an activating group) is 1. The first-order chi connectivity index (χ1) is 19.0. The van der Waals surface area contributed by atoms with Gasteiger partial charge in [0.05, 0.1) is 29.8 Å². The van der Waals surface area contributed by atoms with Crippen LogP contribution in [0, 0.1) is 11.8 Å². The number of hydrogen-bond donors (Lipinski definition) is 0. The van der Waals surface area contributed by atoms with Gasteiger partial charge < -0.3 is 19.3 Å². The zero-order valence-corrected chi connectivity index (χ0v) is 23.6. The monoisotopic (exact) mass is 547 g/mol. The number of carbonyl (C=O) groups is 2. The van der Waals surface area contributed by atoms with Crippen LogP contribution in [0.15, 0.2) is 54.1 Å². The summed E-state index contributed by atoms with van der Waals surface area (Å²) >= 11 is 1.67. The Morgan fingerprint density at radius 3 is 2.49 bits per heavy atom. The van der Waals surface area contributed by atoms with Gasteiger partial charge in [-0.2, -0.15) is 0 Å². The van der Waals surface area contributed by atoms with E-state index < -0.39 is 5.97 Å². The van der Waals surface area contributed by atoms with E-state index in [4.69, 9.17) is 9.47 Å². The number of amides is 1. The van der Waals surface area contributed by atoms with Crippen LogP contribution in [-0.4, -0.2) is 61.7 Å². The minimum Gasteiger partial charge on any atom is -0.492 e. The van der Waals surface area contributed by atoms with Gasteiger partial charge in [-0.15, -0.1) is 0 Å². The number of hydrogen-bond acceptors (Lipinski definition) is 7. The van der Waals surface area contributed by atoms with E-state index in [9.17, 15) is 9.59 Å². The summed E-state index contributed by atoms with van der Waals surface area (Å²) in [5.74, 6) is 1.57. The highest BCUT2D eigenvalue weighted by molar-refractivity contribution is 7.22. The highest BCUT2D eigenvalue weighted by Gasteiger charge is 2.36. The van der Waals surface area contributed by atoms with Crippen molar-refractivity contribution in [2.45, 2.75) is 39.0 Å². The molecule has 0 spiro atoms. The van der Waals surface area contributed by atoms with Crippen LogP contribution >= 0.6 is 11.3 Å². The van der Waals surface area contributed by atoms with Gasteiger partial charge in [0.15, 0.2) is 5.13 Å². The summed E-state index contributed by atoms with van der Waals surface area (Å²) in [6.07, 6.45) is 6.77. The van der Waals surface area contributed by atoms with Crippen molar-refractivity contribution in [2.75, 3.05) is 44.8 Å². The zero-order valence-electron chi connectivity index (χ0n) is 22.8. The number of ether oxygens (including phenoxy) is 2. The molecule has 1 aliphatic heterocycles. The largest absolute Gasteiger partial charge is 0.492 e. The highest BCUT2D eigenvalue weighted by atomic mass is 32.1. The molecule has 0 bridgehead atoms. The number of esters is 1. The van der Waals surface area contributed by atoms with Crippen LogP contribution in [0.3, 0.4) is 0 Å². The Labute approximate surface area is 234 Å². The first kappa shape index (κ1) is 27.2. The lowest BCUT2D eigenvalue weighted by Gasteiger charge is -2.22. The van der Waals surface area contributed by atoms with Crippen molar-refractivity contribution in [1.82, 2.24) is 9.88 Å². The molecule has 2 atom stereocenters. The van der Waals surface area contributed by atoms with Gasteiger partial charge in [0, 0.05) is 25.7 Å². The second kappa shape index (κ2) is 12.6. The summed E-state index contributed by atoms with van der Waals surface area (Å²) in [5.41, 5.74) is 2.24. The average molecular weight is 548 g/mol. The van der Waals surface area contributed by atoms with Gasteiger partial charge in [-0.25, -0.2) is 9.78 Å². The number of para-hydroxylation sites is 1. The molecule has 5 rings (SSSR count). The van der Waals surface area contributed by atoms with Crippen LogP contribution in [0.25, 0.3) is 16.3 Å². The summed E-state index contributed by atoms with van der Waals surface area (Å²) in [7, 11) is 2.02. The fraction of sp³-hybridized carbons (Fsp3) is 0.452. The smallest absolute Gasteiger partial charge is 0.334 e. The average Bonchev–Trinajstić information content (AvgIpc) is 3.58. The molecule has 0 N–H and O–H groups in total. The molecule has 1 amide bonds. The number of anilines is 1. The molecule has 7 nitrogen and oxygen atoms in total. The molecule has 1 aromatic heterocycles. The molecule has 1 aliphatic carbocycles. The van der Waals surface area contributed by atoms with Gasteiger partial charge in [0.1, 0.15) is 12.4 Å². The lowest BCUT2D eigenvalue weighted by Crippen LogP contribution is -2.30. The molecule has 0 unspecified atom stereocenters. The van der Waals surface area contributed by atoms with E-state index in [1.54, 1.807) is 24.3 Å². The minimum absolute atomic E-state index is 0.0147. The van der Waals surface area contributed by atoms with Crippen molar-refractivity contribution in [1.29, 1.82) is 0 Å². The Morgan fingerprint density at radius 1 is 1.08 bits per heavy atom. The lowest BCUT2D eigenvalue weighted by molar-refractivity contribution is -0.140. The van der Waals surface area contributed by atoms with Gasteiger partial charge in [-0.1, -0.05) is 48.4 Å². The lowest BCUT2D eigenvalue weighted by atomic mass is 9.82. The number of carbonyl (C=O) groups excluding carboxylic acids is 2. The molecule has 2 aromatic carbocycles. The van der Waals surface area contributed by atoms with E-state index >= 15 is 0 Å². The maximum absolute atomic E-state index is 13.1. The van der Waals surface area contributed by atoms with Crippen LogP contribution in [-0.2, 0) is 14.3 Å². The third-order valence-corrected chi connectivity index (χ3v) is 8.88. The summed E-state index contributed by atoms with van der Waals surface area (Å²) < 4.78 is 12.4. The number of aromatic nitrogens is 1. The number of nitrogens with zero attached hydrogens (tertiary/aromatic N) is 3. The molecular formula is C31H37N3O4S. The Hall–Kier alpha value is -3.39. The molecule has 39 heavy (non-hydrogen) atoms. The van der Waals surface area contributed by atoms with Gasteiger partial charge in [-0.05, 0) is 67.5 Å². The maximum atomic E-state index is 13.1. The summed E-state index contributed by atoms with van der Waals surface area (Å²) in [6, 6.07) is 15.7. The molecule has 206 valence electrons. The van der Waals surface area contributed by atoms with Crippen LogP contribution < -0.4 is 9.64 Å². The first-order valence-electron chi connectivity index (χ1n) is 13.9. The molecule has 1 saturated carbocycles. The number of rotatable bonds is 10. The van der Waals surface area contributed by atoms with E-state index in [1.807, 2.05) is 54.4 Å². The fourth-order valence-corrected chi connectivity index (χ4v) is 6.52. The van der Waals surface area contributed by atoms with E-state index in [-0.39, 0.29) is 18.9 Å². The molecule has 2 aliphatic rings. The molecular weight excluding hydrogens is 510 g/mol. The molecule has 8 heteroatoms. The van der Waals surface area contributed by atoms with Crippen LogP contribution in [0.1, 0.15) is 44.6 Å². The third-order valence-electron chi connectivity index (χ3n) is 7.73. The quantitative estimate of drug-likeness (QED) is 0.236. The highest BCUT2D eigenvalue weighted by Crippen LogP contribution is 2.36. The zero-order chi connectivity index (χ0) is 27.2. The Kier molecular flexibility index (Phi) is 8.81. The van der Waals surface area contributed by atoms with Crippen molar-refractivity contribution in [3.8, 4) is 5.75 Å². The van der Waals surface area contributed by atoms with Crippen molar-refractivity contribution >= 4 is 44.6 Å². The molecule has 0 radical (unpaired) electrons. The van der Waals surface area contributed by atoms with Crippen molar-refractivity contribution < 1.29 is 19.1 Å². The van der Waals surface area contributed by atoms with Gasteiger partial charge in [0.25, 0.3) is 0 Å².